The molecule has 2 atom stereocenters. The van der Waals surface area contributed by atoms with Gasteiger partial charge >= 0.3 is 6.03 Å². The van der Waals surface area contributed by atoms with Gasteiger partial charge in [-0.3, -0.25) is 15.0 Å². The normalized spacial score (nSPS) is 22.3. The number of amides is 3. The summed E-state index contributed by atoms with van der Waals surface area (Å²) in [7, 11) is 0. The molecule has 1 aliphatic carbocycles. The average molecular weight is 335 g/mol. The maximum Gasteiger partial charge on any atom is 0.321 e. The second-order valence-corrected chi connectivity index (χ2v) is 7.63. The molecule has 1 aromatic rings. The highest BCUT2D eigenvalue weighted by molar-refractivity contribution is 7.10. The van der Waals surface area contributed by atoms with Gasteiger partial charge < -0.3 is 5.32 Å². The van der Waals surface area contributed by atoms with E-state index in [0.717, 1.165) is 19.4 Å². The summed E-state index contributed by atoms with van der Waals surface area (Å²) in [5.41, 5.74) is 1.40. The van der Waals surface area contributed by atoms with Crippen molar-refractivity contribution in [3.05, 3.63) is 21.9 Å². The van der Waals surface area contributed by atoms with Crippen molar-refractivity contribution in [1.29, 1.82) is 0 Å². The van der Waals surface area contributed by atoms with E-state index < -0.39 is 0 Å². The number of rotatable bonds is 5. The summed E-state index contributed by atoms with van der Waals surface area (Å²) in [5.74, 6) is 0.459. The zero-order chi connectivity index (χ0) is 16.4. The number of urea groups is 1. The number of fused-ring (bicyclic) bond motifs is 1. The van der Waals surface area contributed by atoms with Gasteiger partial charge in [0.2, 0.25) is 5.91 Å². The molecule has 6 heteroatoms. The molecule has 3 amide bonds. The molecule has 0 radical (unpaired) electrons. The Morgan fingerprint density at radius 3 is 2.91 bits per heavy atom. The van der Waals surface area contributed by atoms with E-state index in [1.807, 2.05) is 25.2 Å². The molecule has 23 heavy (non-hydrogen) atoms. The largest absolute Gasteiger partial charge is 0.335 e. The van der Waals surface area contributed by atoms with Crippen LogP contribution < -0.4 is 10.6 Å². The van der Waals surface area contributed by atoms with Gasteiger partial charge in [-0.15, -0.1) is 11.3 Å². The van der Waals surface area contributed by atoms with Crippen LogP contribution in [0.15, 0.2) is 11.4 Å². The number of hydrogen-bond donors (Lipinski definition) is 2. The van der Waals surface area contributed by atoms with Crippen molar-refractivity contribution in [2.75, 3.05) is 13.1 Å². The Bertz CT molecular complexity index is 582. The Morgan fingerprint density at radius 2 is 2.22 bits per heavy atom. The van der Waals surface area contributed by atoms with E-state index in [1.54, 1.807) is 0 Å². The van der Waals surface area contributed by atoms with Crippen LogP contribution in [0.25, 0.3) is 0 Å². The number of nitrogens with one attached hydrogen (secondary N) is 2. The fourth-order valence-corrected chi connectivity index (χ4v) is 4.17. The number of hydrogen-bond acceptors (Lipinski definition) is 4. The van der Waals surface area contributed by atoms with Gasteiger partial charge in [-0.25, -0.2) is 4.79 Å². The topological polar surface area (TPSA) is 61.4 Å². The Morgan fingerprint density at radius 1 is 1.43 bits per heavy atom. The molecule has 0 unspecified atom stereocenters. The van der Waals surface area contributed by atoms with Gasteiger partial charge in [-0.2, -0.15) is 0 Å². The van der Waals surface area contributed by atoms with Crippen molar-refractivity contribution < 1.29 is 9.59 Å². The SMILES string of the molecule is CC[C@@H](C)NC(=O)NC(=O)CN1CCc2sccc2[C@@H]1C1CC1. The smallest absolute Gasteiger partial charge is 0.321 e. The predicted octanol–water partition coefficient (Wildman–Crippen LogP) is 2.68. The van der Waals surface area contributed by atoms with Gasteiger partial charge in [0.15, 0.2) is 0 Å². The number of carbonyl (C=O) groups excluding carboxylic acids is 2. The van der Waals surface area contributed by atoms with Crippen molar-refractivity contribution in [1.82, 2.24) is 15.5 Å². The van der Waals surface area contributed by atoms with E-state index in [2.05, 4.69) is 27.0 Å². The third-order valence-corrected chi connectivity index (χ3v) is 5.77. The summed E-state index contributed by atoms with van der Waals surface area (Å²) in [4.78, 5) is 27.7. The maximum absolute atomic E-state index is 12.2. The van der Waals surface area contributed by atoms with Gasteiger partial charge in [-0.05, 0) is 55.5 Å². The highest BCUT2D eigenvalue weighted by Gasteiger charge is 2.40. The fourth-order valence-electron chi connectivity index (χ4n) is 3.25. The summed E-state index contributed by atoms with van der Waals surface area (Å²) in [6, 6.07) is 2.25. The Labute approximate surface area is 141 Å². The second-order valence-electron chi connectivity index (χ2n) is 6.63. The van der Waals surface area contributed by atoms with Crippen molar-refractivity contribution in [3.63, 3.8) is 0 Å². The average Bonchev–Trinajstić information content (AvgIpc) is 3.23. The lowest BCUT2D eigenvalue weighted by molar-refractivity contribution is -0.122. The van der Waals surface area contributed by atoms with Crippen LogP contribution in [0.1, 0.15) is 49.6 Å². The summed E-state index contributed by atoms with van der Waals surface area (Å²) in [6.07, 6.45) is 4.33. The number of nitrogens with zero attached hydrogens (tertiary/aromatic N) is 1. The predicted molar refractivity (Wildman–Crippen MR) is 91.5 cm³/mol. The van der Waals surface area contributed by atoms with Crippen LogP contribution in [-0.4, -0.2) is 36.0 Å². The van der Waals surface area contributed by atoms with E-state index in [-0.39, 0.29) is 18.0 Å². The lowest BCUT2D eigenvalue weighted by Gasteiger charge is -2.35. The summed E-state index contributed by atoms with van der Waals surface area (Å²) in [5, 5.41) is 7.39. The van der Waals surface area contributed by atoms with Crippen LogP contribution in [0, 0.1) is 5.92 Å². The number of imide groups is 1. The molecule has 0 bridgehead atoms. The quantitative estimate of drug-likeness (QED) is 0.870. The minimum atomic E-state index is -0.388. The van der Waals surface area contributed by atoms with E-state index in [4.69, 9.17) is 0 Å². The first-order valence-electron chi connectivity index (χ1n) is 8.49. The highest BCUT2D eigenvalue weighted by atomic mass is 32.1. The van der Waals surface area contributed by atoms with E-state index >= 15 is 0 Å². The van der Waals surface area contributed by atoms with Crippen LogP contribution >= 0.6 is 11.3 Å². The first-order chi connectivity index (χ1) is 11.1. The molecule has 0 spiro atoms. The molecule has 126 valence electrons. The molecule has 5 nitrogen and oxygen atoms in total. The third kappa shape index (κ3) is 3.93. The first-order valence-corrected chi connectivity index (χ1v) is 9.37. The molecule has 1 aromatic heterocycles. The monoisotopic (exact) mass is 335 g/mol. The zero-order valence-electron chi connectivity index (χ0n) is 13.8. The van der Waals surface area contributed by atoms with E-state index in [0.29, 0.717) is 18.5 Å². The van der Waals surface area contributed by atoms with Gasteiger partial charge in [0.25, 0.3) is 0 Å². The summed E-state index contributed by atoms with van der Waals surface area (Å²) < 4.78 is 0. The zero-order valence-corrected chi connectivity index (χ0v) is 14.6. The summed E-state index contributed by atoms with van der Waals surface area (Å²) >= 11 is 1.82. The van der Waals surface area contributed by atoms with Crippen LogP contribution in [0.5, 0.6) is 0 Å². The molecular weight excluding hydrogens is 310 g/mol. The second kappa shape index (κ2) is 7.01. The first kappa shape index (κ1) is 16.5. The van der Waals surface area contributed by atoms with Crippen molar-refractivity contribution in [2.45, 2.75) is 51.6 Å². The molecule has 1 aliphatic heterocycles. The van der Waals surface area contributed by atoms with Crippen LogP contribution in [-0.2, 0) is 11.2 Å². The van der Waals surface area contributed by atoms with Gasteiger partial charge in [-0.1, -0.05) is 6.92 Å². The maximum atomic E-state index is 12.2. The molecule has 0 aromatic carbocycles. The molecule has 3 rings (SSSR count). The van der Waals surface area contributed by atoms with Gasteiger partial charge in [0.1, 0.15) is 0 Å². The molecule has 2 N–H and O–H groups in total. The van der Waals surface area contributed by atoms with Crippen molar-refractivity contribution in [3.8, 4) is 0 Å². The van der Waals surface area contributed by atoms with Crippen molar-refractivity contribution >= 4 is 23.3 Å². The Balaban J connectivity index is 1.59. The standard InChI is InChI=1S/C17H25N3O2S/c1-3-11(2)18-17(22)19-15(21)10-20-8-6-14-13(7-9-23-14)16(20)12-4-5-12/h7,9,11-12,16H,3-6,8,10H2,1-2H3,(H2,18,19,21,22)/t11-,16+/m1/s1. The number of thiophene rings is 1. The van der Waals surface area contributed by atoms with E-state index in [1.165, 1.54) is 23.3 Å². The molecule has 0 saturated heterocycles. The van der Waals surface area contributed by atoms with Crippen LogP contribution in [0.3, 0.4) is 0 Å². The van der Waals surface area contributed by atoms with Crippen molar-refractivity contribution in [2.24, 2.45) is 5.92 Å². The third-order valence-electron chi connectivity index (χ3n) is 4.78. The molecule has 1 fully saturated rings. The van der Waals surface area contributed by atoms with Crippen LogP contribution in [0.2, 0.25) is 0 Å². The lowest BCUT2D eigenvalue weighted by Crippen LogP contribution is -2.48. The van der Waals surface area contributed by atoms with Gasteiger partial charge in [0.05, 0.1) is 6.54 Å². The highest BCUT2D eigenvalue weighted by Crippen LogP contribution is 2.48. The molecule has 2 heterocycles. The number of carbonyl (C=O) groups is 2. The fraction of sp³-hybridized carbons (Fsp3) is 0.647. The Hall–Kier alpha value is -1.40. The van der Waals surface area contributed by atoms with Crippen LogP contribution in [0.4, 0.5) is 4.79 Å². The molecule has 2 aliphatic rings. The minimum absolute atomic E-state index is 0.0744. The lowest BCUT2D eigenvalue weighted by atomic mass is 9.96. The Kier molecular flexibility index (Phi) is 5.02. The minimum Gasteiger partial charge on any atom is -0.335 e. The van der Waals surface area contributed by atoms with Gasteiger partial charge in [0, 0.05) is 23.5 Å². The van der Waals surface area contributed by atoms with E-state index in [9.17, 15) is 9.59 Å². The molecular formula is C17H25N3O2S. The molecule has 1 saturated carbocycles. The summed E-state index contributed by atoms with van der Waals surface area (Å²) in [6.45, 7) is 5.12.